The van der Waals surface area contributed by atoms with Gasteiger partial charge in [-0.2, -0.15) is 0 Å². The summed E-state index contributed by atoms with van der Waals surface area (Å²) in [6.07, 6.45) is 5.34. The lowest BCUT2D eigenvalue weighted by Crippen LogP contribution is -2.34. The standard InChI is InChI=1S/C26H31N3O/c1-2-6-18-7-5-10-25(30-20-13-15-29-16-14-20)24(18)17-19-11-12-23(26(27)28)22-9-4-3-8-21(19)22/h3-5,7-12,20,29H,2,6,13-17H2,1H3,(H3,27,28). The molecule has 4 N–H and O–H groups in total. The maximum absolute atomic E-state index is 7.93. The third-order valence-electron chi connectivity index (χ3n) is 6.00. The highest BCUT2D eigenvalue weighted by Crippen LogP contribution is 2.32. The fraction of sp³-hybridized carbons (Fsp3) is 0.346. The van der Waals surface area contributed by atoms with Gasteiger partial charge in [0.05, 0.1) is 0 Å². The number of rotatable bonds is 7. The SMILES string of the molecule is CCCc1cccc(OC2CCNCC2)c1Cc1ccc(C(=N)N)c2ccccc12. The van der Waals surface area contributed by atoms with E-state index in [-0.39, 0.29) is 11.9 Å². The van der Waals surface area contributed by atoms with Gasteiger partial charge < -0.3 is 15.8 Å². The second kappa shape index (κ2) is 9.31. The molecule has 4 heteroatoms. The second-order valence-corrected chi connectivity index (χ2v) is 8.12. The molecule has 3 aromatic rings. The molecule has 3 aromatic carbocycles. The van der Waals surface area contributed by atoms with Crippen LogP contribution >= 0.6 is 0 Å². The fourth-order valence-electron chi connectivity index (χ4n) is 4.46. The highest BCUT2D eigenvalue weighted by molar-refractivity contribution is 6.08. The van der Waals surface area contributed by atoms with Crippen LogP contribution in [0.1, 0.15) is 48.4 Å². The number of hydrogen-bond acceptors (Lipinski definition) is 3. The van der Waals surface area contributed by atoms with Gasteiger partial charge in [0.25, 0.3) is 0 Å². The first-order valence-corrected chi connectivity index (χ1v) is 11.0. The van der Waals surface area contributed by atoms with Crippen LogP contribution in [-0.4, -0.2) is 25.0 Å². The predicted octanol–water partition coefficient (Wildman–Crippen LogP) is 4.80. The maximum Gasteiger partial charge on any atom is 0.123 e. The van der Waals surface area contributed by atoms with E-state index < -0.39 is 0 Å². The van der Waals surface area contributed by atoms with Gasteiger partial charge in [0.2, 0.25) is 0 Å². The Kier molecular flexibility index (Phi) is 6.34. The van der Waals surface area contributed by atoms with E-state index in [4.69, 9.17) is 15.9 Å². The molecule has 0 saturated carbocycles. The lowest BCUT2D eigenvalue weighted by Gasteiger charge is -2.26. The van der Waals surface area contributed by atoms with Crippen molar-refractivity contribution in [3.8, 4) is 5.75 Å². The number of benzene rings is 3. The molecule has 30 heavy (non-hydrogen) atoms. The average molecular weight is 402 g/mol. The molecular weight excluding hydrogens is 370 g/mol. The van der Waals surface area contributed by atoms with Crippen molar-refractivity contribution < 1.29 is 4.74 Å². The quantitative estimate of drug-likeness (QED) is 0.393. The van der Waals surface area contributed by atoms with Gasteiger partial charge in [0.1, 0.15) is 17.7 Å². The van der Waals surface area contributed by atoms with Crippen molar-refractivity contribution in [1.29, 1.82) is 5.41 Å². The Balaban J connectivity index is 1.75. The molecule has 1 aliphatic rings. The Hall–Kier alpha value is -2.85. The number of hydrogen-bond donors (Lipinski definition) is 3. The van der Waals surface area contributed by atoms with Crippen LogP contribution in [0.15, 0.2) is 54.6 Å². The van der Waals surface area contributed by atoms with Gasteiger partial charge >= 0.3 is 0 Å². The van der Waals surface area contributed by atoms with Gasteiger partial charge in [-0.15, -0.1) is 0 Å². The van der Waals surface area contributed by atoms with Crippen LogP contribution in [0.2, 0.25) is 0 Å². The zero-order valence-corrected chi connectivity index (χ0v) is 17.7. The van der Waals surface area contributed by atoms with Crippen molar-refractivity contribution in [3.63, 3.8) is 0 Å². The van der Waals surface area contributed by atoms with E-state index in [1.807, 2.05) is 12.1 Å². The third kappa shape index (κ3) is 4.34. The molecule has 0 aromatic heterocycles. The maximum atomic E-state index is 7.93. The molecule has 0 aliphatic carbocycles. The van der Waals surface area contributed by atoms with Crippen LogP contribution in [0.25, 0.3) is 10.8 Å². The minimum Gasteiger partial charge on any atom is -0.490 e. The summed E-state index contributed by atoms with van der Waals surface area (Å²) in [6.45, 7) is 4.26. The Morgan fingerprint density at radius 1 is 1.00 bits per heavy atom. The summed E-state index contributed by atoms with van der Waals surface area (Å²) < 4.78 is 6.53. The Morgan fingerprint density at radius 3 is 2.50 bits per heavy atom. The molecule has 1 aliphatic heterocycles. The highest BCUT2D eigenvalue weighted by atomic mass is 16.5. The van der Waals surface area contributed by atoms with Crippen molar-refractivity contribution in [1.82, 2.24) is 5.32 Å². The van der Waals surface area contributed by atoms with E-state index in [0.29, 0.717) is 0 Å². The molecule has 1 heterocycles. The van der Waals surface area contributed by atoms with Gasteiger partial charge in [-0.3, -0.25) is 5.41 Å². The largest absolute Gasteiger partial charge is 0.490 e. The van der Waals surface area contributed by atoms with E-state index in [0.717, 1.165) is 67.3 Å². The average Bonchev–Trinajstić information content (AvgIpc) is 2.76. The molecule has 1 fully saturated rings. The lowest BCUT2D eigenvalue weighted by atomic mass is 9.91. The number of nitrogen functional groups attached to an aromatic ring is 1. The summed E-state index contributed by atoms with van der Waals surface area (Å²) >= 11 is 0. The van der Waals surface area contributed by atoms with Crippen molar-refractivity contribution >= 4 is 16.6 Å². The van der Waals surface area contributed by atoms with Crippen molar-refractivity contribution in [2.75, 3.05) is 13.1 Å². The molecule has 4 nitrogen and oxygen atoms in total. The van der Waals surface area contributed by atoms with E-state index in [2.05, 4.69) is 54.7 Å². The first-order valence-electron chi connectivity index (χ1n) is 11.0. The predicted molar refractivity (Wildman–Crippen MR) is 125 cm³/mol. The number of amidine groups is 1. The monoisotopic (exact) mass is 401 g/mol. The number of fused-ring (bicyclic) bond motifs is 1. The first kappa shape index (κ1) is 20.4. The minimum absolute atomic E-state index is 0.110. The minimum atomic E-state index is 0.110. The topological polar surface area (TPSA) is 71.1 Å². The van der Waals surface area contributed by atoms with E-state index >= 15 is 0 Å². The summed E-state index contributed by atoms with van der Waals surface area (Å²) in [5.41, 5.74) is 10.5. The van der Waals surface area contributed by atoms with Gasteiger partial charge in [0.15, 0.2) is 0 Å². The van der Waals surface area contributed by atoms with Crippen LogP contribution in [0.5, 0.6) is 5.75 Å². The zero-order valence-electron chi connectivity index (χ0n) is 17.7. The molecule has 0 atom stereocenters. The summed E-state index contributed by atoms with van der Waals surface area (Å²) in [7, 11) is 0. The molecule has 0 bridgehead atoms. The molecule has 4 rings (SSSR count). The summed E-state index contributed by atoms with van der Waals surface area (Å²) in [4.78, 5) is 0. The highest BCUT2D eigenvalue weighted by Gasteiger charge is 2.19. The van der Waals surface area contributed by atoms with E-state index in [1.54, 1.807) is 0 Å². The molecular formula is C26H31N3O. The summed E-state index contributed by atoms with van der Waals surface area (Å²) in [5.74, 6) is 1.13. The summed E-state index contributed by atoms with van der Waals surface area (Å²) in [6, 6.07) is 18.8. The normalized spacial score (nSPS) is 14.7. The fourth-order valence-corrected chi connectivity index (χ4v) is 4.46. The Labute approximate surface area is 179 Å². The number of nitrogens with two attached hydrogens (primary N) is 1. The van der Waals surface area contributed by atoms with Crippen molar-refractivity contribution in [2.45, 2.75) is 45.1 Å². The second-order valence-electron chi connectivity index (χ2n) is 8.12. The van der Waals surface area contributed by atoms with Crippen molar-refractivity contribution in [3.05, 3.63) is 76.9 Å². The van der Waals surface area contributed by atoms with Gasteiger partial charge in [-0.25, -0.2) is 0 Å². The van der Waals surface area contributed by atoms with Crippen LogP contribution < -0.4 is 15.8 Å². The number of nitrogens with one attached hydrogen (secondary N) is 2. The smallest absolute Gasteiger partial charge is 0.123 e. The van der Waals surface area contributed by atoms with Gasteiger partial charge in [-0.05, 0) is 60.3 Å². The van der Waals surface area contributed by atoms with Crippen LogP contribution in [0.3, 0.4) is 0 Å². The van der Waals surface area contributed by atoms with E-state index in [9.17, 15) is 0 Å². The summed E-state index contributed by atoms with van der Waals surface area (Å²) in [5, 5.41) is 13.5. The number of piperidine rings is 1. The number of ether oxygens (including phenoxy) is 1. The van der Waals surface area contributed by atoms with Crippen LogP contribution in [-0.2, 0) is 12.8 Å². The molecule has 156 valence electrons. The first-order chi connectivity index (χ1) is 14.7. The van der Waals surface area contributed by atoms with E-state index in [1.165, 1.54) is 16.7 Å². The molecule has 0 radical (unpaired) electrons. The van der Waals surface area contributed by atoms with Crippen molar-refractivity contribution in [2.24, 2.45) is 5.73 Å². The molecule has 0 unspecified atom stereocenters. The molecule has 1 saturated heterocycles. The van der Waals surface area contributed by atoms with Gasteiger partial charge in [0, 0.05) is 17.5 Å². The zero-order chi connectivity index (χ0) is 20.9. The van der Waals surface area contributed by atoms with Crippen LogP contribution in [0.4, 0.5) is 0 Å². The molecule has 0 spiro atoms. The molecule has 0 amide bonds. The van der Waals surface area contributed by atoms with Gasteiger partial charge in [-0.1, -0.05) is 61.9 Å². The number of aryl methyl sites for hydroxylation is 1. The Bertz CT molecular complexity index is 1040. The van der Waals surface area contributed by atoms with Crippen LogP contribution in [0, 0.1) is 5.41 Å². The third-order valence-corrected chi connectivity index (χ3v) is 6.00. The lowest BCUT2D eigenvalue weighted by molar-refractivity contribution is 0.161. The Morgan fingerprint density at radius 2 is 1.77 bits per heavy atom.